The van der Waals surface area contributed by atoms with Crippen LogP contribution >= 0.6 is 0 Å². The van der Waals surface area contributed by atoms with Gasteiger partial charge in [-0.3, -0.25) is 14.8 Å². The Hall–Kier alpha value is -2.43. The number of carbonyl (C=O) groups excluding carboxylic acids is 1. The number of hydrogen-bond acceptors (Lipinski definition) is 4. The average Bonchev–Trinajstić information content (AvgIpc) is 3.28. The lowest BCUT2D eigenvalue weighted by atomic mass is 9.90. The molecule has 2 aromatic rings. The van der Waals surface area contributed by atoms with Crippen LogP contribution in [0.3, 0.4) is 0 Å². The highest BCUT2D eigenvalue weighted by Gasteiger charge is 2.32. The Balaban J connectivity index is 1.61. The molecule has 1 atom stereocenters. The smallest absolute Gasteiger partial charge is 0.225 e. The summed E-state index contributed by atoms with van der Waals surface area (Å²) in [6.45, 7) is 1.62. The molecule has 1 aliphatic heterocycles. The molecule has 2 aliphatic rings. The van der Waals surface area contributed by atoms with Gasteiger partial charge in [-0.2, -0.15) is 0 Å². The highest BCUT2D eigenvalue weighted by molar-refractivity contribution is 5.79. The molecule has 1 saturated heterocycles. The molecule has 0 spiro atoms. The third-order valence-electron chi connectivity index (χ3n) is 5.91. The zero-order chi connectivity index (χ0) is 18.6. The molecule has 0 radical (unpaired) electrons. The third kappa shape index (κ3) is 3.68. The van der Waals surface area contributed by atoms with Gasteiger partial charge in [0.1, 0.15) is 5.75 Å². The van der Waals surface area contributed by atoms with E-state index in [2.05, 4.69) is 14.9 Å². The molecule has 1 aliphatic carbocycles. The lowest BCUT2D eigenvalue weighted by molar-refractivity contribution is -0.136. The summed E-state index contributed by atoms with van der Waals surface area (Å²) in [7, 11) is 1.68. The minimum atomic E-state index is 0.220. The Morgan fingerprint density at radius 3 is 2.67 bits per heavy atom. The SMILES string of the molecule is COc1ccccc1-c1nccnc1[C@H]1CCCN(C(=O)C2CCCC2)C1. The highest BCUT2D eigenvalue weighted by atomic mass is 16.5. The summed E-state index contributed by atoms with van der Waals surface area (Å²) >= 11 is 0. The van der Waals surface area contributed by atoms with Crippen LogP contribution in [0.4, 0.5) is 0 Å². The molecule has 0 unspecified atom stereocenters. The van der Waals surface area contributed by atoms with Crippen molar-refractivity contribution in [3.05, 3.63) is 42.4 Å². The second-order valence-electron chi connectivity index (χ2n) is 7.60. The minimum Gasteiger partial charge on any atom is -0.496 e. The molecule has 1 aromatic heterocycles. The van der Waals surface area contributed by atoms with Gasteiger partial charge >= 0.3 is 0 Å². The molecular formula is C22H27N3O2. The van der Waals surface area contributed by atoms with Crippen molar-refractivity contribution in [3.8, 4) is 17.0 Å². The van der Waals surface area contributed by atoms with Crippen molar-refractivity contribution in [2.45, 2.75) is 44.4 Å². The number of hydrogen-bond donors (Lipinski definition) is 0. The number of rotatable bonds is 4. The van der Waals surface area contributed by atoms with Gasteiger partial charge in [0.2, 0.25) is 5.91 Å². The van der Waals surface area contributed by atoms with E-state index in [9.17, 15) is 4.79 Å². The lowest BCUT2D eigenvalue weighted by Crippen LogP contribution is -2.42. The van der Waals surface area contributed by atoms with Crippen molar-refractivity contribution in [2.24, 2.45) is 5.92 Å². The molecule has 0 bridgehead atoms. The Morgan fingerprint density at radius 1 is 1.07 bits per heavy atom. The van der Waals surface area contributed by atoms with Gasteiger partial charge in [-0.15, -0.1) is 0 Å². The third-order valence-corrected chi connectivity index (χ3v) is 5.91. The maximum Gasteiger partial charge on any atom is 0.225 e. The molecule has 2 heterocycles. The zero-order valence-electron chi connectivity index (χ0n) is 15.9. The Bertz CT molecular complexity index is 802. The Morgan fingerprint density at radius 2 is 1.85 bits per heavy atom. The van der Waals surface area contributed by atoms with Crippen LogP contribution in [0, 0.1) is 5.92 Å². The molecular weight excluding hydrogens is 338 g/mol. The topological polar surface area (TPSA) is 55.3 Å². The summed E-state index contributed by atoms with van der Waals surface area (Å²) < 4.78 is 5.54. The van der Waals surface area contributed by atoms with Crippen molar-refractivity contribution in [2.75, 3.05) is 20.2 Å². The van der Waals surface area contributed by atoms with E-state index in [0.29, 0.717) is 5.91 Å². The summed E-state index contributed by atoms with van der Waals surface area (Å²) in [6.07, 6.45) is 10.0. The van der Waals surface area contributed by atoms with Crippen LogP contribution in [0.5, 0.6) is 5.75 Å². The van der Waals surface area contributed by atoms with Crippen molar-refractivity contribution < 1.29 is 9.53 Å². The quantitative estimate of drug-likeness (QED) is 0.820. The summed E-state index contributed by atoms with van der Waals surface area (Å²) in [5.41, 5.74) is 2.81. The monoisotopic (exact) mass is 365 g/mol. The first kappa shape index (κ1) is 18.0. The molecule has 142 valence electrons. The maximum absolute atomic E-state index is 12.9. The van der Waals surface area contributed by atoms with Gasteiger partial charge in [-0.25, -0.2) is 0 Å². The van der Waals surface area contributed by atoms with Crippen molar-refractivity contribution in [1.29, 1.82) is 0 Å². The number of para-hydroxylation sites is 1. The van der Waals surface area contributed by atoms with E-state index < -0.39 is 0 Å². The fraction of sp³-hybridized carbons (Fsp3) is 0.500. The standard InChI is InChI=1S/C22H27N3O2/c1-27-19-11-5-4-10-18(19)21-20(23-12-13-24-21)17-9-6-14-25(15-17)22(26)16-7-2-3-8-16/h4-5,10-13,16-17H,2-3,6-9,14-15H2,1H3/t17-/m0/s1. The number of likely N-dealkylation sites (tertiary alicyclic amines) is 1. The number of methoxy groups -OCH3 is 1. The maximum atomic E-state index is 12.9. The summed E-state index contributed by atoms with van der Waals surface area (Å²) in [4.78, 5) is 24.3. The van der Waals surface area contributed by atoms with E-state index in [1.165, 1.54) is 12.8 Å². The van der Waals surface area contributed by atoms with E-state index >= 15 is 0 Å². The second-order valence-corrected chi connectivity index (χ2v) is 7.60. The molecule has 0 N–H and O–H groups in total. The van der Waals surface area contributed by atoms with E-state index in [1.807, 2.05) is 24.3 Å². The second kappa shape index (κ2) is 8.07. The zero-order valence-corrected chi connectivity index (χ0v) is 15.9. The van der Waals surface area contributed by atoms with E-state index in [1.54, 1.807) is 19.5 Å². The number of amides is 1. The number of piperidine rings is 1. The van der Waals surface area contributed by atoms with Gasteiger partial charge in [-0.1, -0.05) is 25.0 Å². The average molecular weight is 365 g/mol. The van der Waals surface area contributed by atoms with Crippen molar-refractivity contribution >= 4 is 5.91 Å². The number of aromatic nitrogens is 2. The van der Waals surface area contributed by atoms with Crippen molar-refractivity contribution in [1.82, 2.24) is 14.9 Å². The first-order chi connectivity index (χ1) is 13.3. The normalized spacial score (nSPS) is 20.6. The van der Waals surface area contributed by atoms with Crippen LogP contribution in [-0.4, -0.2) is 41.0 Å². The van der Waals surface area contributed by atoms with Gasteiger partial charge < -0.3 is 9.64 Å². The van der Waals surface area contributed by atoms with Gasteiger partial charge in [-0.05, 0) is 37.8 Å². The van der Waals surface area contributed by atoms with Crippen LogP contribution in [0.2, 0.25) is 0 Å². The van der Waals surface area contributed by atoms with Gasteiger partial charge in [0.15, 0.2) is 0 Å². The first-order valence-electron chi connectivity index (χ1n) is 10.0. The van der Waals surface area contributed by atoms with Crippen LogP contribution < -0.4 is 4.74 Å². The molecule has 5 heteroatoms. The molecule has 4 rings (SSSR count). The number of carbonyl (C=O) groups is 1. The van der Waals surface area contributed by atoms with E-state index in [4.69, 9.17) is 4.74 Å². The fourth-order valence-electron chi connectivity index (χ4n) is 4.53. The molecule has 27 heavy (non-hydrogen) atoms. The van der Waals surface area contributed by atoms with Crippen molar-refractivity contribution in [3.63, 3.8) is 0 Å². The fourth-order valence-corrected chi connectivity index (χ4v) is 4.53. The van der Waals surface area contributed by atoms with Gasteiger partial charge in [0, 0.05) is 42.9 Å². The van der Waals surface area contributed by atoms with Crippen LogP contribution in [0.1, 0.15) is 50.1 Å². The van der Waals surface area contributed by atoms with E-state index in [0.717, 1.165) is 61.5 Å². The number of benzene rings is 1. The van der Waals surface area contributed by atoms with Gasteiger partial charge in [0.05, 0.1) is 18.5 Å². The highest BCUT2D eigenvalue weighted by Crippen LogP contribution is 2.36. The largest absolute Gasteiger partial charge is 0.496 e. The Kier molecular flexibility index (Phi) is 5.37. The number of nitrogens with zero attached hydrogens (tertiary/aromatic N) is 3. The minimum absolute atomic E-state index is 0.220. The Labute approximate surface area is 160 Å². The van der Waals surface area contributed by atoms with Gasteiger partial charge in [0.25, 0.3) is 0 Å². The summed E-state index contributed by atoms with van der Waals surface area (Å²) in [5.74, 6) is 1.60. The van der Waals surface area contributed by atoms with Crippen LogP contribution in [-0.2, 0) is 4.79 Å². The first-order valence-corrected chi connectivity index (χ1v) is 10.0. The van der Waals surface area contributed by atoms with Crippen LogP contribution in [0.25, 0.3) is 11.3 Å². The predicted molar refractivity (Wildman–Crippen MR) is 105 cm³/mol. The predicted octanol–water partition coefficient (Wildman–Crippen LogP) is 4.05. The molecule has 2 fully saturated rings. The molecule has 5 nitrogen and oxygen atoms in total. The van der Waals surface area contributed by atoms with E-state index in [-0.39, 0.29) is 11.8 Å². The summed E-state index contributed by atoms with van der Waals surface area (Å²) in [6, 6.07) is 7.93. The van der Waals surface area contributed by atoms with Crippen LogP contribution in [0.15, 0.2) is 36.7 Å². The lowest BCUT2D eigenvalue weighted by Gasteiger charge is -2.34. The number of ether oxygens (including phenoxy) is 1. The molecule has 1 amide bonds. The molecule has 1 saturated carbocycles. The summed E-state index contributed by atoms with van der Waals surface area (Å²) in [5, 5.41) is 0. The molecule has 1 aromatic carbocycles.